The van der Waals surface area contributed by atoms with Crippen LogP contribution < -0.4 is 5.32 Å². The van der Waals surface area contributed by atoms with Gasteiger partial charge in [-0.2, -0.15) is 18.4 Å². The highest BCUT2D eigenvalue weighted by Crippen LogP contribution is 2.33. The van der Waals surface area contributed by atoms with Crippen LogP contribution in [0.3, 0.4) is 0 Å². The van der Waals surface area contributed by atoms with E-state index in [1.807, 2.05) is 0 Å². The molecular weight excluding hydrogens is 284 g/mol. The van der Waals surface area contributed by atoms with E-state index in [1.54, 1.807) is 19.1 Å². The number of halogens is 4. The monoisotopic (exact) mass is 294 g/mol. The first-order valence-electron chi connectivity index (χ1n) is 5.96. The van der Waals surface area contributed by atoms with Crippen molar-refractivity contribution in [3.8, 4) is 6.07 Å². The summed E-state index contributed by atoms with van der Waals surface area (Å²) in [6.07, 6.45) is -4.53. The van der Waals surface area contributed by atoms with Gasteiger partial charge in [-0.25, -0.2) is 4.39 Å². The summed E-state index contributed by atoms with van der Waals surface area (Å²) in [4.78, 5) is 0. The minimum atomic E-state index is -4.53. The zero-order valence-electron chi connectivity index (χ0n) is 10.9. The number of nitriles is 1. The van der Waals surface area contributed by atoms with Crippen LogP contribution >= 0.6 is 0 Å². The van der Waals surface area contributed by atoms with Gasteiger partial charge in [0.05, 0.1) is 22.5 Å². The van der Waals surface area contributed by atoms with Crippen molar-refractivity contribution in [1.29, 1.82) is 5.26 Å². The molecule has 0 aliphatic heterocycles. The highest BCUT2D eigenvalue weighted by atomic mass is 19.4. The van der Waals surface area contributed by atoms with Crippen molar-refractivity contribution >= 4 is 11.4 Å². The van der Waals surface area contributed by atoms with Crippen LogP contribution in [-0.2, 0) is 6.18 Å². The van der Waals surface area contributed by atoms with E-state index >= 15 is 0 Å². The number of benzene rings is 2. The second-order valence-corrected chi connectivity index (χ2v) is 4.43. The maximum atomic E-state index is 13.7. The molecular formula is C15H10F4N2. The molecule has 0 spiro atoms. The number of nitrogens with one attached hydrogen (secondary N) is 1. The Kier molecular flexibility index (Phi) is 3.85. The summed E-state index contributed by atoms with van der Waals surface area (Å²) in [5.74, 6) is -0.543. The SMILES string of the molecule is Cc1cccc(F)c1Nc1ccc(C(F)(F)F)cc1C#N. The van der Waals surface area contributed by atoms with Crippen molar-refractivity contribution in [1.82, 2.24) is 0 Å². The molecule has 0 bridgehead atoms. The van der Waals surface area contributed by atoms with E-state index in [0.29, 0.717) is 5.56 Å². The first-order valence-corrected chi connectivity index (χ1v) is 5.96. The predicted octanol–water partition coefficient (Wildman–Crippen LogP) is 4.77. The molecule has 0 saturated carbocycles. The molecule has 2 nitrogen and oxygen atoms in total. The van der Waals surface area contributed by atoms with Gasteiger partial charge in [0.25, 0.3) is 0 Å². The van der Waals surface area contributed by atoms with Gasteiger partial charge in [-0.3, -0.25) is 0 Å². The molecule has 0 saturated heterocycles. The first-order chi connectivity index (χ1) is 9.82. The van der Waals surface area contributed by atoms with E-state index in [2.05, 4.69) is 5.32 Å². The largest absolute Gasteiger partial charge is 0.416 e. The number of nitrogens with zero attached hydrogens (tertiary/aromatic N) is 1. The van der Waals surface area contributed by atoms with Gasteiger partial charge in [0.1, 0.15) is 11.9 Å². The molecule has 0 amide bonds. The molecule has 0 aliphatic rings. The average molecular weight is 294 g/mol. The van der Waals surface area contributed by atoms with Gasteiger partial charge in [0.2, 0.25) is 0 Å². The summed E-state index contributed by atoms with van der Waals surface area (Å²) in [5.41, 5.74) is -0.284. The predicted molar refractivity (Wildman–Crippen MR) is 70.6 cm³/mol. The Balaban J connectivity index is 2.44. The van der Waals surface area contributed by atoms with Crippen LogP contribution in [0.1, 0.15) is 16.7 Å². The number of hydrogen-bond donors (Lipinski definition) is 1. The van der Waals surface area contributed by atoms with Gasteiger partial charge in [-0.1, -0.05) is 12.1 Å². The summed E-state index contributed by atoms with van der Waals surface area (Å²) >= 11 is 0. The van der Waals surface area contributed by atoms with Gasteiger partial charge < -0.3 is 5.32 Å². The molecule has 0 aromatic heterocycles. The van der Waals surface area contributed by atoms with Crippen LogP contribution in [0.2, 0.25) is 0 Å². The van der Waals surface area contributed by atoms with Crippen molar-refractivity contribution in [2.45, 2.75) is 13.1 Å². The van der Waals surface area contributed by atoms with Crippen molar-refractivity contribution in [2.75, 3.05) is 5.32 Å². The van der Waals surface area contributed by atoms with E-state index < -0.39 is 17.6 Å². The van der Waals surface area contributed by atoms with Crippen molar-refractivity contribution in [3.05, 3.63) is 58.9 Å². The molecule has 0 radical (unpaired) electrons. The summed E-state index contributed by atoms with van der Waals surface area (Å²) in [6, 6.07) is 8.79. The maximum absolute atomic E-state index is 13.7. The second kappa shape index (κ2) is 5.44. The lowest BCUT2D eigenvalue weighted by Gasteiger charge is -2.13. The van der Waals surface area contributed by atoms with E-state index in [9.17, 15) is 17.6 Å². The van der Waals surface area contributed by atoms with Crippen LogP contribution in [0.4, 0.5) is 28.9 Å². The molecule has 21 heavy (non-hydrogen) atoms. The highest BCUT2D eigenvalue weighted by Gasteiger charge is 2.31. The molecule has 0 atom stereocenters. The summed E-state index contributed by atoms with van der Waals surface area (Å²) in [7, 11) is 0. The van der Waals surface area contributed by atoms with Gasteiger partial charge in [0, 0.05) is 0 Å². The molecule has 0 fully saturated rings. The fourth-order valence-electron chi connectivity index (χ4n) is 1.85. The molecule has 0 aliphatic carbocycles. The van der Waals surface area contributed by atoms with Crippen LogP contribution in [0.5, 0.6) is 0 Å². The fraction of sp³-hybridized carbons (Fsp3) is 0.133. The normalized spacial score (nSPS) is 11.0. The average Bonchev–Trinajstić information content (AvgIpc) is 2.42. The molecule has 1 N–H and O–H groups in total. The fourth-order valence-corrected chi connectivity index (χ4v) is 1.85. The second-order valence-electron chi connectivity index (χ2n) is 4.43. The Morgan fingerprint density at radius 3 is 2.43 bits per heavy atom. The first kappa shape index (κ1) is 14.9. The Labute approximate surface area is 118 Å². The van der Waals surface area contributed by atoms with Gasteiger partial charge in [-0.15, -0.1) is 0 Å². The molecule has 108 valence electrons. The third-order valence-corrected chi connectivity index (χ3v) is 2.95. The topological polar surface area (TPSA) is 35.8 Å². The third-order valence-electron chi connectivity index (χ3n) is 2.95. The molecule has 2 aromatic rings. The van der Waals surface area contributed by atoms with E-state index in [0.717, 1.165) is 18.2 Å². The summed E-state index contributed by atoms with van der Waals surface area (Å²) < 4.78 is 51.5. The highest BCUT2D eigenvalue weighted by molar-refractivity contribution is 5.69. The molecule has 6 heteroatoms. The number of alkyl halides is 3. The number of anilines is 2. The lowest BCUT2D eigenvalue weighted by molar-refractivity contribution is -0.137. The van der Waals surface area contributed by atoms with Gasteiger partial charge in [0.15, 0.2) is 0 Å². The van der Waals surface area contributed by atoms with Crippen LogP contribution in [0.15, 0.2) is 36.4 Å². The zero-order valence-corrected chi connectivity index (χ0v) is 10.9. The smallest absolute Gasteiger partial charge is 0.352 e. The summed E-state index contributed by atoms with van der Waals surface area (Å²) in [5, 5.41) is 11.6. The standard InChI is InChI=1S/C15H10F4N2/c1-9-3-2-4-12(16)14(9)21-13-6-5-11(15(17,18)19)7-10(13)8-20/h2-7,21H,1H3. The number of hydrogen-bond acceptors (Lipinski definition) is 2. The van der Waals surface area contributed by atoms with Gasteiger partial charge in [-0.05, 0) is 36.8 Å². The molecule has 0 heterocycles. The van der Waals surface area contributed by atoms with Crippen LogP contribution in [0, 0.1) is 24.1 Å². The van der Waals surface area contributed by atoms with Crippen molar-refractivity contribution in [3.63, 3.8) is 0 Å². The van der Waals surface area contributed by atoms with Gasteiger partial charge >= 0.3 is 6.18 Å². The number of para-hydroxylation sites is 1. The van der Waals surface area contributed by atoms with E-state index in [1.165, 1.54) is 12.1 Å². The Morgan fingerprint density at radius 2 is 1.86 bits per heavy atom. The molecule has 0 unspecified atom stereocenters. The van der Waals surface area contributed by atoms with Crippen molar-refractivity contribution < 1.29 is 17.6 Å². The third kappa shape index (κ3) is 3.14. The van der Waals surface area contributed by atoms with Crippen LogP contribution in [-0.4, -0.2) is 0 Å². The van der Waals surface area contributed by atoms with E-state index in [4.69, 9.17) is 5.26 Å². The zero-order chi connectivity index (χ0) is 15.6. The van der Waals surface area contributed by atoms with Crippen molar-refractivity contribution in [2.24, 2.45) is 0 Å². The maximum Gasteiger partial charge on any atom is 0.416 e. The Bertz CT molecular complexity index is 694. The number of rotatable bonds is 2. The quantitative estimate of drug-likeness (QED) is 0.810. The van der Waals surface area contributed by atoms with E-state index in [-0.39, 0.29) is 16.9 Å². The Hall–Kier alpha value is -2.55. The molecule has 2 aromatic carbocycles. The minimum absolute atomic E-state index is 0.124. The Morgan fingerprint density at radius 1 is 1.14 bits per heavy atom. The molecule has 2 rings (SSSR count). The lowest BCUT2D eigenvalue weighted by atomic mass is 10.1. The lowest BCUT2D eigenvalue weighted by Crippen LogP contribution is -2.06. The minimum Gasteiger partial charge on any atom is -0.352 e. The van der Waals surface area contributed by atoms with Crippen LogP contribution in [0.25, 0.3) is 0 Å². The number of aryl methyl sites for hydroxylation is 1. The summed E-state index contributed by atoms with van der Waals surface area (Å²) in [6.45, 7) is 1.65.